The summed E-state index contributed by atoms with van der Waals surface area (Å²) in [7, 11) is 0. The van der Waals surface area contributed by atoms with E-state index in [-0.39, 0.29) is 5.95 Å². The molecule has 0 unspecified atom stereocenters. The Bertz CT molecular complexity index is 584. The molecule has 0 atom stereocenters. The molecule has 0 saturated heterocycles. The van der Waals surface area contributed by atoms with Crippen LogP contribution in [0.3, 0.4) is 0 Å². The van der Waals surface area contributed by atoms with E-state index >= 15 is 0 Å². The zero-order chi connectivity index (χ0) is 13.8. The molecule has 5 heteroatoms. The Labute approximate surface area is 112 Å². The average molecular weight is 258 g/mol. The molecule has 0 saturated carbocycles. The minimum Gasteiger partial charge on any atom is -0.438 e. The first-order valence-electron chi connectivity index (χ1n) is 6.22. The van der Waals surface area contributed by atoms with Crippen LogP contribution in [0.5, 0.6) is 11.6 Å². The Morgan fingerprint density at radius 1 is 1.21 bits per heavy atom. The molecule has 1 heterocycles. The lowest BCUT2D eigenvalue weighted by Gasteiger charge is -2.10. The Morgan fingerprint density at radius 2 is 2.00 bits per heavy atom. The number of hydrogen-bond acceptors (Lipinski definition) is 5. The highest BCUT2D eigenvalue weighted by molar-refractivity contribution is 5.45. The van der Waals surface area contributed by atoms with Crippen LogP contribution in [0.2, 0.25) is 0 Å². The van der Waals surface area contributed by atoms with Crippen LogP contribution in [0, 0.1) is 13.8 Å². The second-order valence-electron chi connectivity index (χ2n) is 4.35. The van der Waals surface area contributed by atoms with Crippen LogP contribution in [0.25, 0.3) is 0 Å². The van der Waals surface area contributed by atoms with Crippen molar-refractivity contribution >= 4 is 11.8 Å². The van der Waals surface area contributed by atoms with Crippen molar-refractivity contribution in [2.45, 2.75) is 20.8 Å². The topological polar surface area (TPSA) is 73.1 Å². The summed E-state index contributed by atoms with van der Waals surface area (Å²) in [4.78, 5) is 8.17. The first kappa shape index (κ1) is 13.1. The van der Waals surface area contributed by atoms with Gasteiger partial charge in [-0.15, -0.1) is 0 Å². The standard InChI is InChI=1S/C14H18N4O/c1-4-16-12-8-13(18-14(15)17-12)19-11-7-9(2)5-6-10(11)3/h5-8H,4H2,1-3H3,(H3,15,16,17,18). The quantitative estimate of drug-likeness (QED) is 0.882. The fraction of sp³-hybridized carbons (Fsp3) is 0.286. The molecular formula is C14H18N4O. The minimum atomic E-state index is 0.193. The molecular weight excluding hydrogens is 240 g/mol. The van der Waals surface area contributed by atoms with Gasteiger partial charge >= 0.3 is 0 Å². The second-order valence-corrected chi connectivity index (χ2v) is 4.35. The van der Waals surface area contributed by atoms with Gasteiger partial charge in [-0.25, -0.2) is 0 Å². The summed E-state index contributed by atoms with van der Waals surface area (Å²) in [5.41, 5.74) is 7.85. The first-order chi connectivity index (χ1) is 9.08. The molecule has 1 aromatic heterocycles. The molecule has 5 nitrogen and oxygen atoms in total. The summed E-state index contributed by atoms with van der Waals surface area (Å²) in [6, 6.07) is 7.77. The van der Waals surface area contributed by atoms with Gasteiger partial charge in [-0.05, 0) is 38.0 Å². The normalized spacial score (nSPS) is 10.3. The molecule has 0 radical (unpaired) electrons. The van der Waals surface area contributed by atoms with E-state index in [0.29, 0.717) is 11.7 Å². The summed E-state index contributed by atoms with van der Waals surface area (Å²) in [5.74, 6) is 2.08. The number of nitrogens with one attached hydrogen (secondary N) is 1. The lowest BCUT2D eigenvalue weighted by atomic mass is 10.1. The molecule has 3 N–H and O–H groups in total. The van der Waals surface area contributed by atoms with Gasteiger partial charge < -0.3 is 15.8 Å². The molecule has 19 heavy (non-hydrogen) atoms. The van der Waals surface area contributed by atoms with E-state index in [1.54, 1.807) is 6.07 Å². The SMILES string of the molecule is CCNc1cc(Oc2cc(C)ccc2C)nc(N)n1. The van der Waals surface area contributed by atoms with Crippen LogP contribution in [0.4, 0.5) is 11.8 Å². The zero-order valence-electron chi connectivity index (χ0n) is 11.4. The van der Waals surface area contributed by atoms with Gasteiger partial charge in [0.25, 0.3) is 0 Å². The van der Waals surface area contributed by atoms with Crippen molar-refractivity contribution in [3.63, 3.8) is 0 Å². The number of hydrogen-bond donors (Lipinski definition) is 2. The maximum Gasteiger partial charge on any atom is 0.226 e. The third kappa shape index (κ3) is 3.34. The monoisotopic (exact) mass is 258 g/mol. The van der Waals surface area contributed by atoms with E-state index in [2.05, 4.69) is 15.3 Å². The van der Waals surface area contributed by atoms with Crippen LogP contribution in [0.15, 0.2) is 24.3 Å². The molecule has 0 aliphatic carbocycles. The van der Waals surface area contributed by atoms with E-state index in [1.807, 2.05) is 39.0 Å². The van der Waals surface area contributed by atoms with Crippen LogP contribution >= 0.6 is 0 Å². The van der Waals surface area contributed by atoms with Crippen LogP contribution in [-0.2, 0) is 0 Å². The van der Waals surface area contributed by atoms with Crippen molar-refractivity contribution in [3.8, 4) is 11.6 Å². The van der Waals surface area contributed by atoms with Crippen molar-refractivity contribution < 1.29 is 4.74 Å². The van der Waals surface area contributed by atoms with Crippen molar-refractivity contribution in [2.24, 2.45) is 0 Å². The van der Waals surface area contributed by atoms with Crippen LogP contribution in [-0.4, -0.2) is 16.5 Å². The van der Waals surface area contributed by atoms with Crippen molar-refractivity contribution in [2.75, 3.05) is 17.6 Å². The third-order valence-corrected chi connectivity index (χ3v) is 2.64. The smallest absolute Gasteiger partial charge is 0.226 e. The average Bonchev–Trinajstić information content (AvgIpc) is 2.33. The third-order valence-electron chi connectivity index (χ3n) is 2.64. The lowest BCUT2D eigenvalue weighted by Crippen LogP contribution is -2.04. The Kier molecular flexibility index (Phi) is 3.85. The van der Waals surface area contributed by atoms with E-state index in [4.69, 9.17) is 10.5 Å². The van der Waals surface area contributed by atoms with Crippen molar-refractivity contribution in [1.82, 2.24) is 9.97 Å². The number of nitrogens with two attached hydrogens (primary N) is 1. The van der Waals surface area contributed by atoms with Gasteiger partial charge in [0.15, 0.2) is 0 Å². The van der Waals surface area contributed by atoms with E-state index in [0.717, 1.165) is 23.4 Å². The summed E-state index contributed by atoms with van der Waals surface area (Å²) in [5, 5.41) is 3.09. The maximum atomic E-state index is 5.79. The Morgan fingerprint density at radius 3 is 2.74 bits per heavy atom. The number of aryl methyl sites for hydroxylation is 2. The lowest BCUT2D eigenvalue weighted by molar-refractivity contribution is 0.459. The molecule has 2 aromatic rings. The maximum absolute atomic E-state index is 5.79. The van der Waals surface area contributed by atoms with E-state index in [1.165, 1.54) is 0 Å². The molecule has 0 aliphatic heterocycles. The largest absolute Gasteiger partial charge is 0.438 e. The summed E-state index contributed by atoms with van der Waals surface area (Å²) in [6.07, 6.45) is 0. The van der Waals surface area contributed by atoms with E-state index in [9.17, 15) is 0 Å². The number of nitrogen functional groups attached to an aromatic ring is 1. The Hall–Kier alpha value is -2.30. The fourth-order valence-corrected chi connectivity index (χ4v) is 1.70. The number of benzene rings is 1. The zero-order valence-corrected chi connectivity index (χ0v) is 11.4. The predicted molar refractivity (Wildman–Crippen MR) is 76.6 cm³/mol. The van der Waals surface area contributed by atoms with Crippen molar-refractivity contribution in [3.05, 3.63) is 35.4 Å². The predicted octanol–water partition coefficient (Wildman–Crippen LogP) is 2.90. The van der Waals surface area contributed by atoms with Gasteiger partial charge in [-0.1, -0.05) is 12.1 Å². The number of anilines is 2. The van der Waals surface area contributed by atoms with Gasteiger partial charge in [0.1, 0.15) is 11.6 Å². The number of ether oxygens (including phenoxy) is 1. The van der Waals surface area contributed by atoms with E-state index < -0.39 is 0 Å². The molecule has 0 bridgehead atoms. The van der Waals surface area contributed by atoms with Gasteiger partial charge in [0, 0.05) is 12.6 Å². The summed E-state index contributed by atoms with van der Waals surface area (Å²) in [6.45, 7) is 6.76. The molecule has 100 valence electrons. The second kappa shape index (κ2) is 5.56. The van der Waals surface area contributed by atoms with Crippen molar-refractivity contribution in [1.29, 1.82) is 0 Å². The van der Waals surface area contributed by atoms with Crippen LogP contribution < -0.4 is 15.8 Å². The van der Waals surface area contributed by atoms with Gasteiger partial charge in [-0.2, -0.15) is 9.97 Å². The fourth-order valence-electron chi connectivity index (χ4n) is 1.70. The van der Waals surface area contributed by atoms with Gasteiger partial charge in [-0.3, -0.25) is 0 Å². The molecule has 0 fully saturated rings. The first-order valence-corrected chi connectivity index (χ1v) is 6.22. The summed E-state index contributed by atoms with van der Waals surface area (Å²) < 4.78 is 5.79. The summed E-state index contributed by atoms with van der Waals surface area (Å²) >= 11 is 0. The number of nitrogens with zero attached hydrogens (tertiary/aromatic N) is 2. The molecule has 1 aromatic carbocycles. The molecule has 0 aliphatic rings. The molecule has 0 amide bonds. The van der Waals surface area contributed by atoms with Gasteiger partial charge in [0.05, 0.1) is 0 Å². The highest BCUT2D eigenvalue weighted by atomic mass is 16.5. The molecule has 2 rings (SSSR count). The number of rotatable bonds is 4. The highest BCUT2D eigenvalue weighted by Gasteiger charge is 2.06. The van der Waals surface area contributed by atoms with Gasteiger partial charge in [0.2, 0.25) is 11.8 Å². The minimum absolute atomic E-state index is 0.193. The molecule has 0 spiro atoms. The van der Waals surface area contributed by atoms with Crippen LogP contribution in [0.1, 0.15) is 18.1 Å². The Balaban J connectivity index is 2.29. The number of aromatic nitrogens is 2. The highest BCUT2D eigenvalue weighted by Crippen LogP contribution is 2.26.